The number of amides is 1. The van der Waals surface area contributed by atoms with E-state index in [4.69, 9.17) is 9.15 Å². The molecule has 1 saturated heterocycles. The van der Waals surface area contributed by atoms with E-state index in [1.807, 2.05) is 61.5 Å². The van der Waals surface area contributed by atoms with Crippen LogP contribution in [0.15, 0.2) is 112 Å². The van der Waals surface area contributed by atoms with E-state index in [9.17, 15) is 14.7 Å². The van der Waals surface area contributed by atoms with Gasteiger partial charge in [0.05, 0.1) is 11.8 Å². The summed E-state index contributed by atoms with van der Waals surface area (Å²) in [6, 6.07) is 27.0. The number of hydrogen-bond acceptors (Lipinski definition) is 9. The van der Waals surface area contributed by atoms with E-state index in [2.05, 4.69) is 10.2 Å². The molecule has 10 heteroatoms. The number of aryl methyl sites for hydroxylation is 1. The van der Waals surface area contributed by atoms with Gasteiger partial charge in [0.15, 0.2) is 4.34 Å². The van der Waals surface area contributed by atoms with Gasteiger partial charge < -0.3 is 14.3 Å². The number of rotatable bonds is 9. The molecule has 8 nitrogen and oxygen atoms in total. The minimum Gasteiger partial charge on any atom is -0.507 e. The highest BCUT2D eigenvalue weighted by molar-refractivity contribution is 8.00. The Labute approximate surface area is 250 Å². The van der Waals surface area contributed by atoms with Crippen LogP contribution in [0.2, 0.25) is 0 Å². The van der Waals surface area contributed by atoms with E-state index >= 15 is 0 Å². The van der Waals surface area contributed by atoms with Crippen molar-refractivity contribution in [2.75, 3.05) is 4.90 Å². The number of aromatic nitrogens is 2. The Morgan fingerprint density at radius 3 is 2.48 bits per heavy atom. The fourth-order valence-corrected chi connectivity index (χ4v) is 6.44. The summed E-state index contributed by atoms with van der Waals surface area (Å²) < 4.78 is 12.2. The molecule has 1 atom stereocenters. The molecule has 210 valence electrons. The molecule has 2 aromatic heterocycles. The SMILES string of the molecule is Cc1ccccc1COc1ccc(C(O)=C2C(=O)C(=O)N(c3nnc(SCc4ccccc4)s3)C2c2ccco2)cc1. The zero-order valence-electron chi connectivity index (χ0n) is 22.5. The highest BCUT2D eigenvalue weighted by atomic mass is 32.2. The minimum atomic E-state index is -1.00. The average molecular weight is 596 g/mol. The monoisotopic (exact) mass is 595 g/mol. The third kappa shape index (κ3) is 5.59. The van der Waals surface area contributed by atoms with Crippen molar-refractivity contribution < 1.29 is 23.8 Å². The number of carbonyl (C=O) groups is 2. The molecule has 42 heavy (non-hydrogen) atoms. The van der Waals surface area contributed by atoms with Gasteiger partial charge in [0, 0.05) is 11.3 Å². The van der Waals surface area contributed by atoms with Gasteiger partial charge in [0.1, 0.15) is 29.9 Å². The van der Waals surface area contributed by atoms with Crippen molar-refractivity contribution >= 4 is 45.7 Å². The third-order valence-electron chi connectivity index (χ3n) is 6.85. The standard InChI is InChI=1S/C32H25N3O5S2/c1-20-8-5-6-11-23(20)18-40-24-15-13-22(14-16-24)28(36)26-27(25-12-7-17-39-25)35(30(38)29(26)37)31-33-34-32(42-31)41-19-21-9-3-2-4-10-21/h2-17,27,36H,18-19H2,1H3. The molecule has 1 unspecified atom stereocenters. The topological polar surface area (TPSA) is 106 Å². The van der Waals surface area contributed by atoms with Crippen LogP contribution in [0.3, 0.4) is 0 Å². The number of Topliss-reactive ketones (excluding diaryl/α,β-unsaturated/α-hetero) is 1. The summed E-state index contributed by atoms with van der Waals surface area (Å²) >= 11 is 2.69. The predicted molar refractivity (Wildman–Crippen MR) is 161 cm³/mol. The molecule has 1 aliphatic heterocycles. The fraction of sp³-hybridized carbons (Fsp3) is 0.125. The van der Waals surface area contributed by atoms with Gasteiger partial charge in [-0.05, 0) is 60.0 Å². The Morgan fingerprint density at radius 1 is 0.976 bits per heavy atom. The molecule has 0 saturated carbocycles. The van der Waals surface area contributed by atoms with E-state index in [1.165, 1.54) is 34.3 Å². The quantitative estimate of drug-likeness (QED) is 0.0643. The number of nitrogens with zero attached hydrogens (tertiary/aromatic N) is 3. The van der Waals surface area contributed by atoms with Crippen LogP contribution in [-0.4, -0.2) is 27.0 Å². The minimum absolute atomic E-state index is 0.0859. The molecule has 0 aliphatic carbocycles. The number of benzene rings is 3. The number of aliphatic hydroxyl groups excluding tert-OH is 1. The first-order valence-corrected chi connectivity index (χ1v) is 14.9. The summed E-state index contributed by atoms with van der Waals surface area (Å²) in [5.74, 6) is -0.351. The van der Waals surface area contributed by atoms with Gasteiger partial charge in [0.25, 0.3) is 5.78 Å². The zero-order valence-corrected chi connectivity index (χ0v) is 24.1. The summed E-state index contributed by atoms with van der Waals surface area (Å²) in [7, 11) is 0. The Morgan fingerprint density at radius 2 is 1.74 bits per heavy atom. The van der Waals surface area contributed by atoms with Crippen LogP contribution < -0.4 is 9.64 Å². The number of carbonyl (C=O) groups excluding carboxylic acids is 2. The van der Waals surface area contributed by atoms with E-state index in [0.29, 0.717) is 33.8 Å². The molecule has 5 aromatic rings. The second-order valence-electron chi connectivity index (χ2n) is 9.55. The smallest absolute Gasteiger partial charge is 0.302 e. The predicted octanol–water partition coefficient (Wildman–Crippen LogP) is 6.94. The maximum Gasteiger partial charge on any atom is 0.302 e. The first-order chi connectivity index (χ1) is 20.5. The second-order valence-corrected chi connectivity index (χ2v) is 11.7. The maximum atomic E-state index is 13.4. The third-order valence-corrected chi connectivity index (χ3v) is 8.97. The lowest BCUT2D eigenvalue weighted by molar-refractivity contribution is -0.132. The molecule has 3 aromatic carbocycles. The van der Waals surface area contributed by atoms with Crippen LogP contribution in [0.25, 0.3) is 5.76 Å². The van der Waals surface area contributed by atoms with Crippen LogP contribution in [0.5, 0.6) is 5.75 Å². The van der Waals surface area contributed by atoms with Gasteiger partial charge in [-0.25, -0.2) is 0 Å². The Kier molecular flexibility index (Phi) is 7.89. The number of thioether (sulfide) groups is 1. The number of anilines is 1. The largest absolute Gasteiger partial charge is 0.507 e. The maximum absolute atomic E-state index is 13.4. The lowest BCUT2D eigenvalue weighted by Gasteiger charge is -2.20. The van der Waals surface area contributed by atoms with Gasteiger partial charge in [0.2, 0.25) is 5.13 Å². The first-order valence-electron chi connectivity index (χ1n) is 13.1. The van der Waals surface area contributed by atoms with Crippen molar-refractivity contribution in [2.45, 2.75) is 29.7 Å². The van der Waals surface area contributed by atoms with E-state index in [0.717, 1.165) is 16.7 Å². The summed E-state index contributed by atoms with van der Waals surface area (Å²) in [5.41, 5.74) is 3.61. The van der Waals surface area contributed by atoms with Crippen molar-refractivity contribution in [1.82, 2.24) is 10.2 Å². The van der Waals surface area contributed by atoms with Crippen molar-refractivity contribution in [3.05, 3.63) is 131 Å². The van der Waals surface area contributed by atoms with Crippen LogP contribution in [0.4, 0.5) is 5.13 Å². The van der Waals surface area contributed by atoms with Crippen LogP contribution in [0, 0.1) is 6.92 Å². The van der Waals surface area contributed by atoms with E-state index in [1.54, 1.807) is 36.4 Å². The summed E-state index contributed by atoms with van der Waals surface area (Å²) in [5, 5.41) is 20.1. The van der Waals surface area contributed by atoms with Crippen LogP contribution >= 0.6 is 23.1 Å². The van der Waals surface area contributed by atoms with Crippen LogP contribution in [-0.2, 0) is 21.9 Å². The van der Waals surface area contributed by atoms with Crippen molar-refractivity contribution in [3.8, 4) is 5.75 Å². The lowest BCUT2D eigenvalue weighted by atomic mass is 9.99. The first kappa shape index (κ1) is 27.5. The summed E-state index contributed by atoms with van der Waals surface area (Å²) in [6.07, 6.45) is 1.46. The highest BCUT2D eigenvalue weighted by Gasteiger charge is 2.49. The molecule has 6 rings (SSSR count). The molecule has 1 aliphatic rings. The number of furan rings is 1. The molecule has 0 spiro atoms. The Bertz CT molecular complexity index is 1750. The lowest BCUT2D eigenvalue weighted by Crippen LogP contribution is -2.29. The highest BCUT2D eigenvalue weighted by Crippen LogP contribution is 2.44. The summed E-state index contributed by atoms with van der Waals surface area (Å²) in [4.78, 5) is 28.0. The molecular weight excluding hydrogens is 571 g/mol. The second kappa shape index (κ2) is 12.1. The van der Waals surface area contributed by atoms with Crippen LogP contribution in [0.1, 0.15) is 34.1 Å². The number of ether oxygens (including phenoxy) is 1. The van der Waals surface area contributed by atoms with Crippen molar-refractivity contribution in [1.29, 1.82) is 0 Å². The Balaban J connectivity index is 1.27. The molecule has 1 N–H and O–H groups in total. The number of ketones is 1. The molecule has 0 bridgehead atoms. The zero-order chi connectivity index (χ0) is 29.1. The molecule has 1 fully saturated rings. The molecular formula is C32H25N3O5S2. The summed E-state index contributed by atoms with van der Waals surface area (Å²) in [6.45, 7) is 2.42. The molecule has 1 amide bonds. The van der Waals surface area contributed by atoms with Gasteiger partial charge in [-0.1, -0.05) is 77.7 Å². The van der Waals surface area contributed by atoms with Gasteiger partial charge in [-0.3, -0.25) is 14.5 Å². The normalized spacial score (nSPS) is 16.2. The van der Waals surface area contributed by atoms with Crippen molar-refractivity contribution in [3.63, 3.8) is 0 Å². The number of hydrogen-bond donors (Lipinski definition) is 1. The average Bonchev–Trinajstić information content (AvgIpc) is 3.77. The van der Waals surface area contributed by atoms with E-state index < -0.39 is 17.7 Å². The van der Waals surface area contributed by atoms with Gasteiger partial charge >= 0.3 is 5.91 Å². The van der Waals surface area contributed by atoms with Crippen molar-refractivity contribution in [2.24, 2.45) is 0 Å². The fourth-order valence-electron chi connectivity index (χ4n) is 4.62. The van der Waals surface area contributed by atoms with Gasteiger partial charge in [-0.2, -0.15) is 0 Å². The van der Waals surface area contributed by atoms with Gasteiger partial charge in [-0.15, -0.1) is 10.2 Å². The van der Waals surface area contributed by atoms with E-state index in [-0.39, 0.29) is 16.5 Å². The molecule has 0 radical (unpaired) electrons. The Hall–Kier alpha value is -4.67. The molecule has 3 heterocycles. The number of aliphatic hydroxyl groups is 1.